The molecule has 5 heteroatoms. The average Bonchev–Trinajstić information content (AvgIpc) is 2.51. The highest BCUT2D eigenvalue weighted by atomic mass is 16.1. The van der Waals surface area contributed by atoms with Gasteiger partial charge in [-0.25, -0.2) is 14.6 Å². The van der Waals surface area contributed by atoms with Crippen molar-refractivity contribution in [1.82, 2.24) is 19.7 Å². The minimum absolute atomic E-state index is 0.192. The maximum absolute atomic E-state index is 12.4. The van der Waals surface area contributed by atoms with Crippen LogP contribution in [0.15, 0.2) is 65.8 Å². The lowest BCUT2D eigenvalue weighted by Crippen LogP contribution is -2.24. The Hall–Kier alpha value is -2.82. The van der Waals surface area contributed by atoms with Crippen LogP contribution in [0.1, 0.15) is 5.56 Å². The van der Waals surface area contributed by atoms with E-state index < -0.39 is 0 Å². The van der Waals surface area contributed by atoms with Crippen LogP contribution in [0.25, 0.3) is 11.4 Å². The van der Waals surface area contributed by atoms with E-state index in [1.165, 1.54) is 4.68 Å². The lowest BCUT2D eigenvalue weighted by atomic mass is 10.2. The van der Waals surface area contributed by atoms with Gasteiger partial charge in [0.05, 0.1) is 12.1 Å². The lowest BCUT2D eigenvalue weighted by Gasteiger charge is -2.06. The van der Waals surface area contributed by atoms with Crippen LogP contribution in [-0.2, 0) is 6.54 Å². The normalized spacial score (nSPS) is 10.4. The molecule has 0 aliphatic carbocycles. The number of hydrogen-bond donors (Lipinski definition) is 0. The third kappa shape index (κ3) is 2.47. The topological polar surface area (TPSA) is 60.7 Å². The molecule has 0 fully saturated rings. The molecule has 1 aromatic carbocycles. The first-order chi connectivity index (χ1) is 9.84. The molecule has 3 rings (SSSR count). The van der Waals surface area contributed by atoms with Crippen LogP contribution < -0.4 is 5.56 Å². The Labute approximate surface area is 115 Å². The molecular weight excluding hydrogens is 252 g/mol. The Balaban J connectivity index is 2.00. The molecule has 0 amide bonds. The first-order valence-corrected chi connectivity index (χ1v) is 6.22. The molecule has 0 radical (unpaired) electrons. The van der Waals surface area contributed by atoms with Crippen LogP contribution in [0, 0.1) is 0 Å². The molecule has 3 aromatic rings. The monoisotopic (exact) mass is 264 g/mol. The SMILES string of the molecule is O=c1c(-c2ncccn2)ccnn1Cc1ccccc1. The summed E-state index contributed by atoms with van der Waals surface area (Å²) in [7, 11) is 0. The van der Waals surface area contributed by atoms with Crippen molar-refractivity contribution in [2.45, 2.75) is 6.54 Å². The van der Waals surface area contributed by atoms with E-state index in [1.54, 1.807) is 30.7 Å². The molecule has 5 nitrogen and oxygen atoms in total. The second kappa shape index (κ2) is 5.44. The van der Waals surface area contributed by atoms with Gasteiger partial charge in [0, 0.05) is 18.6 Å². The fraction of sp³-hybridized carbons (Fsp3) is 0.0667. The van der Waals surface area contributed by atoms with Gasteiger partial charge in [0.2, 0.25) is 0 Å². The molecule has 20 heavy (non-hydrogen) atoms. The van der Waals surface area contributed by atoms with Crippen molar-refractivity contribution in [3.8, 4) is 11.4 Å². The quantitative estimate of drug-likeness (QED) is 0.723. The van der Waals surface area contributed by atoms with E-state index in [2.05, 4.69) is 15.1 Å². The predicted molar refractivity (Wildman–Crippen MR) is 75.1 cm³/mol. The van der Waals surface area contributed by atoms with Gasteiger partial charge in [0.1, 0.15) is 0 Å². The fourth-order valence-electron chi connectivity index (χ4n) is 1.93. The number of benzene rings is 1. The molecule has 0 aliphatic heterocycles. The van der Waals surface area contributed by atoms with E-state index in [0.717, 1.165) is 5.56 Å². The van der Waals surface area contributed by atoms with Gasteiger partial charge in [0.25, 0.3) is 5.56 Å². The van der Waals surface area contributed by atoms with Crippen LogP contribution >= 0.6 is 0 Å². The highest BCUT2D eigenvalue weighted by molar-refractivity contribution is 5.51. The van der Waals surface area contributed by atoms with Crippen molar-refractivity contribution in [3.63, 3.8) is 0 Å². The molecule has 0 saturated carbocycles. The minimum Gasteiger partial charge on any atom is -0.267 e. The maximum Gasteiger partial charge on any atom is 0.278 e. The third-order valence-electron chi connectivity index (χ3n) is 2.89. The van der Waals surface area contributed by atoms with Crippen LogP contribution in [0.5, 0.6) is 0 Å². The summed E-state index contributed by atoms with van der Waals surface area (Å²) in [6.45, 7) is 0.431. The summed E-state index contributed by atoms with van der Waals surface area (Å²) in [6, 6.07) is 13.1. The molecule has 0 atom stereocenters. The highest BCUT2D eigenvalue weighted by Crippen LogP contribution is 2.07. The smallest absolute Gasteiger partial charge is 0.267 e. The first kappa shape index (κ1) is 12.2. The highest BCUT2D eigenvalue weighted by Gasteiger charge is 2.09. The maximum atomic E-state index is 12.4. The second-order valence-electron chi connectivity index (χ2n) is 4.27. The molecule has 0 unspecified atom stereocenters. The molecule has 2 aromatic heterocycles. The first-order valence-electron chi connectivity index (χ1n) is 6.22. The van der Waals surface area contributed by atoms with E-state index in [9.17, 15) is 4.79 Å². The molecule has 0 bridgehead atoms. The summed E-state index contributed by atoms with van der Waals surface area (Å²) >= 11 is 0. The van der Waals surface area contributed by atoms with Gasteiger partial charge < -0.3 is 0 Å². The lowest BCUT2D eigenvalue weighted by molar-refractivity contribution is 0.640. The number of aromatic nitrogens is 4. The number of rotatable bonds is 3. The summed E-state index contributed by atoms with van der Waals surface area (Å²) < 4.78 is 1.42. The summed E-state index contributed by atoms with van der Waals surface area (Å²) in [5, 5.41) is 4.11. The standard InChI is InChI=1S/C15H12N4O/c20-15-13(14-16-8-4-9-17-14)7-10-18-19(15)11-12-5-2-1-3-6-12/h1-10H,11H2. The van der Waals surface area contributed by atoms with Crippen molar-refractivity contribution < 1.29 is 0 Å². The van der Waals surface area contributed by atoms with Crippen molar-refractivity contribution in [3.05, 3.63) is 77.0 Å². The van der Waals surface area contributed by atoms with Crippen LogP contribution in [-0.4, -0.2) is 19.7 Å². The summed E-state index contributed by atoms with van der Waals surface area (Å²) in [6.07, 6.45) is 4.82. The van der Waals surface area contributed by atoms with Crippen molar-refractivity contribution >= 4 is 0 Å². The molecule has 2 heterocycles. The van der Waals surface area contributed by atoms with E-state index >= 15 is 0 Å². The van der Waals surface area contributed by atoms with Gasteiger partial charge in [-0.05, 0) is 17.7 Å². The van der Waals surface area contributed by atoms with Crippen LogP contribution in [0.4, 0.5) is 0 Å². The third-order valence-corrected chi connectivity index (χ3v) is 2.89. The zero-order chi connectivity index (χ0) is 13.8. The fourth-order valence-corrected chi connectivity index (χ4v) is 1.93. The minimum atomic E-state index is -0.192. The summed E-state index contributed by atoms with van der Waals surface area (Å²) in [4.78, 5) is 20.6. The molecule has 0 spiro atoms. The van der Waals surface area contributed by atoms with Crippen LogP contribution in [0.3, 0.4) is 0 Å². The van der Waals surface area contributed by atoms with Gasteiger partial charge in [-0.2, -0.15) is 5.10 Å². The molecule has 0 saturated heterocycles. The Kier molecular flexibility index (Phi) is 3.33. The molecular formula is C15H12N4O. The van der Waals surface area contributed by atoms with Crippen molar-refractivity contribution in [1.29, 1.82) is 0 Å². The Morgan fingerprint density at radius 3 is 2.40 bits per heavy atom. The zero-order valence-corrected chi connectivity index (χ0v) is 10.7. The number of nitrogens with zero attached hydrogens (tertiary/aromatic N) is 4. The number of hydrogen-bond acceptors (Lipinski definition) is 4. The molecule has 0 N–H and O–H groups in total. The van der Waals surface area contributed by atoms with Gasteiger partial charge in [-0.1, -0.05) is 30.3 Å². The van der Waals surface area contributed by atoms with Gasteiger partial charge in [0.15, 0.2) is 5.82 Å². The van der Waals surface area contributed by atoms with Crippen molar-refractivity contribution in [2.75, 3.05) is 0 Å². The Bertz CT molecular complexity index is 754. The van der Waals surface area contributed by atoms with E-state index in [1.807, 2.05) is 30.3 Å². The summed E-state index contributed by atoms with van der Waals surface area (Å²) in [5.41, 5.74) is 1.28. The Morgan fingerprint density at radius 1 is 0.900 bits per heavy atom. The van der Waals surface area contributed by atoms with Gasteiger partial charge >= 0.3 is 0 Å². The van der Waals surface area contributed by atoms with Crippen LogP contribution in [0.2, 0.25) is 0 Å². The van der Waals surface area contributed by atoms with E-state index in [0.29, 0.717) is 17.9 Å². The van der Waals surface area contributed by atoms with Gasteiger partial charge in [-0.3, -0.25) is 4.79 Å². The predicted octanol–water partition coefficient (Wildman–Crippen LogP) is 1.75. The average molecular weight is 264 g/mol. The zero-order valence-electron chi connectivity index (χ0n) is 10.7. The van der Waals surface area contributed by atoms with E-state index in [4.69, 9.17) is 0 Å². The summed E-state index contributed by atoms with van der Waals surface area (Å²) in [5.74, 6) is 0.418. The molecule has 0 aliphatic rings. The Morgan fingerprint density at radius 2 is 1.65 bits per heavy atom. The largest absolute Gasteiger partial charge is 0.278 e. The second-order valence-corrected chi connectivity index (χ2v) is 4.27. The van der Waals surface area contributed by atoms with Crippen molar-refractivity contribution in [2.24, 2.45) is 0 Å². The van der Waals surface area contributed by atoms with Gasteiger partial charge in [-0.15, -0.1) is 0 Å². The molecule has 98 valence electrons. The van der Waals surface area contributed by atoms with E-state index in [-0.39, 0.29) is 5.56 Å².